The standard InChI is InChI=1S/C22H36N6O4/c1-14(15(2)26-22(31)27-18(13-29)11-25-8-9-32-7)20(23-4)17-10-19(21(30)24-5)16(3)28(6)12-17/h10,12,18,25,29H,3,8-9,11,13H2,1-2,4-7H3,(H,24,30)(H2,26,27,31)/b15-14+,23-20?/t18-/m1/s1. The van der Waals surface area contributed by atoms with Crippen LogP contribution >= 0.6 is 0 Å². The molecule has 3 amide bonds. The topological polar surface area (TPSA) is 127 Å². The highest BCUT2D eigenvalue weighted by Crippen LogP contribution is 2.24. The molecule has 0 radical (unpaired) electrons. The lowest BCUT2D eigenvalue weighted by Gasteiger charge is -2.26. The summed E-state index contributed by atoms with van der Waals surface area (Å²) in [5.41, 5.74) is 3.69. The van der Waals surface area contributed by atoms with Crippen LogP contribution in [0.4, 0.5) is 4.79 Å². The highest BCUT2D eigenvalue weighted by Gasteiger charge is 2.22. The van der Waals surface area contributed by atoms with Crippen LogP contribution in [-0.4, -0.2) is 88.3 Å². The first kappa shape index (κ1) is 27.1. The average molecular weight is 449 g/mol. The van der Waals surface area contributed by atoms with E-state index in [-0.39, 0.29) is 12.5 Å². The van der Waals surface area contributed by atoms with E-state index in [2.05, 4.69) is 32.8 Å². The maximum absolute atomic E-state index is 12.4. The van der Waals surface area contributed by atoms with Crippen LogP contribution < -0.4 is 21.3 Å². The van der Waals surface area contributed by atoms with Gasteiger partial charge in [-0.25, -0.2) is 4.79 Å². The van der Waals surface area contributed by atoms with Crippen LogP contribution in [0.25, 0.3) is 0 Å². The Hall–Kier alpha value is -2.95. The number of urea groups is 1. The molecule has 0 aromatic heterocycles. The molecule has 0 aliphatic carbocycles. The summed E-state index contributed by atoms with van der Waals surface area (Å²) in [6.07, 6.45) is 3.56. The Morgan fingerprint density at radius 1 is 1.34 bits per heavy atom. The molecule has 0 aromatic rings. The molecular formula is C22H36N6O4. The molecule has 1 atom stereocenters. The Bertz CT molecular complexity index is 828. The number of nitrogens with zero attached hydrogens (tertiary/aromatic N) is 2. The van der Waals surface area contributed by atoms with Crippen molar-refractivity contribution in [2.75, 3.05) is 54.6 Å². The van der Waals surface area contributed by atoms with Crippen molar-refractivity contribution in [2.24, 2.45) is 4.99 Å². The van der Waals surface area contributed by atoms with Gasteiger partial charge in [-0.05, 0) is 25.5 Å². The van der Waals surface area contributed by atoms with Crippen molar-refractivity contribution in [3.63, 3.8) is 0 Å². The summed E-state index contributed by atoms with van der Waals surface area (Å²) in [7, 11) is 6.62. The molecule has 178 valence electrons. The fourth-order valence-corrected chi connectivity index (χ4v) is 3.00. The van der Waals surface area contributed by atoms with Crippen molar-refractivity contribution >= 4 is 17.6 Å². The van der Waals surface area contributed by atoms with Crippen LogP contribution in [0.15, 0.2) is 52.0 Å². The number of rotatable bonds is 11. The summed E-state index contributed by atoms with van der Waals surface area (Å²) in [5.74, 6) is -0.243. The molecule has 0 unspecified atom stereocenters. The highest BCUT2D eigenvalue weighted by molar-refractivity contribution is 6.15. The zero-order chi connectivity index (χ0) is 24.3. The molecule has 0 spiro atoms. The summed E-state index contributed by atoms with van der Waals surface area (Å²) in [5, 5.41) is 20.7. The maximum Gasteiger partial charge on any atom is 0.319 e. The minimum Gasteiger partial charge on any atom is -0.394 e. The number of carbonyl (C=O) groups is 2. The Labute approximate surface area is 190 Å². The van der Waals surface area contributed by atoms with Crippen molar-refractivity contribution in [1.29, 1.82) is 0 Å². The van der Waals surface area contributed by atoms with Gasteiger partial charge >= 0.3 is 6.03 Å². The van der Waals surface area contributed by atoms with Gasteiger partial charge in [0, 0.05) is 64.5 Å². The first-order valence-corrected chi connectivity index (χ1v) is 10.3. The fraction of sp³-hybridized carbons (Fsp3) is 0.500. The zero-order valence-corrected chi connectivity index (χ0v) is 19.8. The van der Waals surface area contributed by atoms with Gasteiger partial charge in [-0.2, -0.15) is 0 Å². The van der Waals surface area contributed by atoms with E-state index in [1.165, 1.54) is 0 Å². The molecule has 0 saturated heterocycles. The first-order valence-electron chi connectivity index (χ1n) is 10.3. The Morgan fingerprint density at radius 2 is 2.03 bits per heavy atom. The van der Waals surface area contributed by atoms with Crippen molar-refractivity contribution < 1.29 is 19.4 Å². The second-order valence-electron chi connectivity index (χ2n) is 7.28. The van der Waals surface area contributed by atoms with E-state index in [1.807, 2.05) is 13.1 Å². The maximum atomic E-state index is 12.4. The number of nitrogens with one attached hydrogen (secondary N) is 4. The minimum absolute atomic E-state index is 0.201. The molecule has 0 saturated carbocycles. The number of aliphatic hydroxyl groups is 1. The molecule has 10 heteroatoms. The van der Waals surface area contributed by atoms with Gasteiger partial charge in [0.2, 0.25) is 0 Å². The summed E-state index contributed by atoms with van der Waals surface area (Å²) in [6, 6.07) is -0.882. The molecule has 1 rings (SSSR count). The van der Waals surface area contributed by atoms with Gasteiger partial charge < -0.3 is 36.0 Å². The summed E-state index contributed by atoms with van der Waals surface area (Å²) < 4.78 is 4.96. The molecular weight excluding hydrogens is 412 g/mol. The van der Waals surface area contributed by atoms with Crippen LogP contribution in [0.2, 0.25) is 0 Å². The van der Waals surface area contributed by atoms with Gasteiger partial charge in [-0.1, -0.05) is 6.58 Å². The fourth-order valence-electron chi connectivity index (χ4n) is 3.00. The van der Waals surface area contributed by atoms with E-state index in [9.17, 15) is 14.7 Å². The number of ether oxygens (including phenoxy) is 1. The predicted octanol–water partition coefficient (Wildman–Crippen LogP) is 0.263. The summed E-state index contributed by atoms with van der Waals surface area (Å²) >= 11 is 0. The SMILES string of the molecule is C=C1C(C(=O)NC)=CC(C(=NC)/C(C)=C(\C)NC(=O)N[C@@H](CO)CNCCOC)=CN1C. The normalized spacial score (nSPS) is 16.0. The third-order valence-electron chi connectivity index (χ3n) is 4.99. The van der Waals surface area contributed by atoms with Gasteiger partial charge in [0.05, 0.1) is 30.5 Å². The largest absolute Gasteiger partial charge is 0.394 e. The van der Waals surface area contributed by atoms with Crippen molar-refractivity contribution in [2.45, 2.75) is 19.9 Å². The Morgan fingerprint density at radius 3 is 2.59 bits per heavy atom. The quantitative estimate of drug-likeness (QED) is 0.228. The smallest absolute Gasteiger partial charge is 0.319 e. The van der Waals surface area contributed by atoms with E-state index in [1.54, 1.807) is 46.2 Å². The molecule has 0 aromatic carbocycles. The summed E-state index contributed by atoms with van der Waals surface area (Å²) in [6.45, 7) is 8.92. The molecule has 0 fully saturated rings. The molecule has 32 heavy (non-hydrogen) atoms. The zero-order valence-electron chi connectivity index (χ0n) is 19.8. The van der Waals surface area contributed by atoms with E-state index in [4.69, 9.17) is 4.74 Å². The predicted molar refractivity (Wildman–Crippen MR) is 126 cm³/mol. The van der Waals surface area contributed by atoms with Crippen LogP contribution in [-0.2, 0) is 9.53 Å². The second-order valence-corrected chi connectivity index (χ2v) is 7.28. The Kier molecular flexibility index (Phi) is 11.4. The molecule has 5 N–H and O–H groups in total. The number of allylic oxidation sites excluding steroid dienone is 4. The van der Waals surface area contributed by atoms with Gasteiger partial charge in [-0.3, -0.25) is 9.79 Å². The highest BCUT2D eigenvalue weighted by atomic mass is 16.5. The van der Waals surface area contributed by atoms with Crippen molar-refractivity contribution in [1.82, 2.24) is 26.2 Å². The first-order chi connectivity index (χ1) is 15.2. The molecule has 0 bridgehead atoms. The van der Waals surface area contributed by atoms with E-state index in [0.29, 0.717) is 42.4 Å². The van der Waals surface area contributed by atoms with Crippen molar-refractivity contribution in [3.05, 3.63) is 47.0 Å². The lowest BCUT2D eigenvalue weighted by molar-refractivity contribution is -0.116. The van der Waals surface area contributed by atoms with Crippen LogP contribution in [0.3, 0.4) is 0 Å². The van der Waals surface area contributed by atoms with Gasteiger partial charge in [0.25, 0.3) is 5.91 Å². The van der Waals surface area contributed by atoms with Gasteiger partial charge in [-0.15, -0.1) is 0 Å². The number of hydrogen-bond acceptors (Lipinski definition) is 7. The molecule has 10 nitrogen and oxygen atoms in total. The van der Waals surface area contributed by atoms with E-state index >= 15 is 0 Å². The lowest BCUT2D eigenvalue weighted by atomic mass is 9.96. The van der Waals surface area contributed by atoms with Crippen LogP contribution in [0.1, 0.15) is 13.8 Å². The number of hydrogen-bond donors (Lipinski definition) is 5. The number of methoxy groups -OCH3 is 1. The second kappa shape index (κ2) is 13.5. The lowest BCUT2D eigenvalue weighted by Crippen LogP contribution is -2.48. The third kappa shape index (κ3) is 7.63. The molecule has 1 aliphatic rings. The monoisotopic (exact) mass is 448 g/mol. The average Bonchev–Trinajstić information content (AvgIpc) is 2.77. The van der Waals surface area contributed by atoms with E-state index in [0.717, 1.165) is 11.1 Å². The number of aliphatic imine (C=N–C) groups is 1. The van der Waals surface area contributed by atoms with Gasteiger partial charge in [0.1, 0.15) is 0 Å². The Balaban J connectivity index is 2.95. The van der Waals surface area contributed by atoms with Crippen molar-refractivity contribution in [3.8, 4) is 0 Å². The molecule has 1 heterocycles. The number of amides is 3. The van der Waals surface area contributed by atoms with Gasteiger partial charge in [0.15, 0.2) is 0 Å². The third-order valence-corrected chi connectivity index (χ3v) is 4.99. The van der Waals surface area contributed by atoms with E-state index < -0.39 is 12.1 Å². The van der Waals surface area contributed by atoms with Crippen LogP contribution in [0.5, 0.6) is 0 Å². The molecule has 1 aliphatic heterocycles. The summed E-state index contributed by atoms with van der Waals surface area (Å²) in [4.78, 5) is 30.8. The minimum atomic E-state index is -0.446. The number of carbonyl (C=O) groups excluding carboxylic acids is 2. The number of aliphatic hydroxyl groups excluding tert-OH is 1. The van der Waals surface area contributed by atoms with Crippen LogP contribution in [0, 0.1) is 0 Å². The number of likely N-dealkylation sites (N-methyl/N-ethyl adjacent to an activating group) is 2.